The van der Waals surface area contributed by atoms with Gasteiger partial charge in [-0.2, -0.15) is 0 Å². The lowest BCUT2D eigenvalue weighted by Crippen LogP contribution is -2.81. The highest BCUT2D eigenvalue weighted by Gasteiger charge is 2.69. The van der Waals surface area contributed by atoms with Gasteiger partial charge in [0.25, 0.3) is 0 Å². The van der Waals surface area contributed by atoms with Gasteiger partial charge in [-0.3, -0.25) is 0 Å². The molecule has 2 fully saturated rings. The fraction of sp³-hybridized carbons (Fsp3) is 0.450. The number of aliphatic hydroxyl groups excluding tert-OH is 3. The topological polar surface area (TPSA) is 126 Å². The molecule has 0 radical (unpaired) electrons. The number of aliphatic hydroxyl groups is 4. The molecular formula is C20H22O8. The zero-order chi connectivity index (χ0) is 20.1. The van der Waals surface area contributed by atoms with E-state index in [9.17, 15) is 25.2 Å². The molecule has 8 nitrogen and oxygen atoms in total. The average Bonchev–Trinajstić information content (AvgIpc) is 2.71. The van der Waals surface area contributed by atoms with Crippen LogP contribution in [0, 0.1) is 5.92 Å². The molecule has 0 amide bonds. The Morgan fingerprint density at radius 3 is 2.57 bits per heavy atom. The zero-order valence-electron chi connectivity index (χ0n) is 15.1. The van der Waals surface area contributed by atoms with Crippen LogP contribution < -0.4 is 4.74 Å². The summed E-state index contributed by atoms with van der Waals surface area (Å²) < 4.78 is 15.8. The summed E-state index contributed by atoms with van der Waals surface area (Å²) in [7, 11) is 0. The molecule has 2 unspecified atom stereocenters. The van der Waals surface area contributed by atoms with Crippen molar-refractivity contribution in [2.45, 2.75) is 43.2 Å². The molecule has 28 heavy (non-hydrogen) atoms. The minimum atomic E-state index is -1.79. The first-order chi connectivity index (χ1) is 13.3. The van der Waals surface area contributed by atoms with Crippen LogP contribution in [-0.4, -0.2) is 69.3 Å². The van der Waals surface area contributed by atoms with Crippen molar-refractivity contribution < 1.29 is 39.4 Å². The number of ether oxygens (including phenoxy) is 3. The molecule has 2 aromatic carbocycles. The SMILES string of the molecule is CC1C(O)[C@H]2O[C@@H](OC(=O)COc3ccc4ccccc4c3)[C@@H](O)[C@@H](O)[C@@]12O. The quantitative estimate of drug-likeness (QED) is 0.536. The largest absolute Gasteiger partial charge is 0.482 e. The monoisotopic (exact) mass is 390 g/mol. The molecule has 2 aromatic rings. The van der Waals surface area contributed by atoms with E-state index in [4.69, 9.17) is 14.2 Å². The molecule has 4 N–H and O–H groups in total. The van der Waals surface area contributed by atoms with Crippen LogP contribution in [0.25, 0.3) is 10.8 Å². The van der Waals surface area contributed by atoms with E-state index < -0.39 is 54.8 Å². The van der Waals surface area contributed by atoms with Gasteiger partial charge in [0.15, 0.2) is 6.61 Å². The van der Waals surface area contributed by atoms with Gasteiger partial charge in [0.2, 0.25) is 6.29 Å². The third-order valence-electron chi connectivity index (χ3n) is 5.69. The van der Waals surface area contributed by atoms with Crippen molar-refractivity contribution in [2.24, 2.45) is 5.92 Å². The molecule has 8 heteroatoms. The fourth-order valence-electron chi connectivity index (χ4n) is 3.88. The van der Waals surface area contributed by atoms with Crippen LogP contribution in [0.15, 0.2) is 42.5 Å². The van der Waals surface area contributed by atoms with Gasteiger partial charge in [-0.15, -0.1) is 0 Å². The lowest BCUT2D eigenvalue weighted by atomic mass is 9.60. The van der Waals surface area contributed by atoms with Crippen molar-refractivity contribution in [1.82, 2.24) is 0 Å². The van der Waals surface area contributed by atoms with Crippen LogP contribution in [0.3, 0.4) is 0 Å². The van der Waals surface area contributed by atoms with Crippen molar-refractivity contribution in [2.75, 3.05) is 6.61 Å². The van der Waals surface area contributed by atoms with Crippen molar-refractivity contribution in [1.29, 1.82) is 0 Å². The van der Waals surface area contributed by atoms with Gasteiger partial charge in [-0.05, 0) is 22.9 Å². The van der Waals surface area contributed by atoms with E-state index in [-0.39, 0.29) is 0 Å². The van der Waals surface area contributed by atoms with Gasteiger partial charge >= 0.3 is 5.97 Å². The van der Waals surface area contributed by atoms with Crippen LogP contribution in [0.1, 0.15) is 6.92 Å². The maximum atomic E-state index is 12.1. The number of carbonyl (C=O) groups excluding carboxylic acids is 1. The Morgan fingerprint density at radius 1 is 1.11 bits per heavy atom. The molecule has 0 bridgehead atoms. The minimum absolute atomic E-state index is 0.436. The Hall–Kier alpha value is -2.23. The Balaban J connectivity index is 1.37. The summed E-state index contributed by atoms with van der Waals surface area (Å²) in [5.41, 5.74) is -1.79. The molecule has 1 heterocycles. The molecule has 2 aliphatic rings. The summed E-state index contributed by atoms with van der Waals surface area (Å²) in [5.74, 6) is -1.04. The van der Waals surface area contributed by atoms with Gasteiger partial charge in [0.1, 0.15) is 29.7 Å². The van der Waals surface area contributed by atoms with Crippen molar-refractivity contribution in [3.63, 3.8) is 0 Å². The fourth-order valence-corrected chi connectivity index (χ4v) is 3.88. The smallest absolute Gasteiger partial charge is 0.346 e. The van der Waals surface area contributed by atoms with E-state index >= 15 is 0 Å². The summed E-state index contributed by atoms with van der Waals surface area (Å²) >= 11 is 0. The van der Waals surface area contributed by atoms with Crippen LogP contribution in [0.4, 0.5) is 0 Å². The maximum Gasteiger partial charge on any atom is 0.346 e. The third kappa shape index (κ3) is 2.94. The Morgan fingerprint density at radius 2 is 1.82 bits per heavy atom. The predicted octanol–water partition coefficient (Wildman–Crippen LogP) is -0.0498. The van der Waals surface area contributed by atoms with E-state index in [1.54, 1.807) is 12.1 Å². The number of hydrogen-bond donors (Lipinski definition) is 4. The summed E-state index contributed by atoms with van der Waals surface area (Å²) in [4.78, 5) is 12.1. The Labute approximate surface area is 160 Å². The predicted molar refractivity (Wildman–Crippen MR) is 96.3 cm³/mol. The van der Waals surface area contributed by atoms with Crippen molar-refractivity contribution in [3.8, 4) is 5.75 Å². The number of esters is 1. The van der Waals surface area contributed by atoms with E-state index in [0.29, 0.717) is 5.75 Å². The standard InChI is InChI=1S/C20H22O8/c1-10-15(22)18-20(10,25)17(24)16(23)19(28-18)27-14(21)9-26-13-7-6-11-4-2-3-5-12(11)8-13/h2-8,10,15-19,22-25H,9H2,1H3/t10?,15?,16-,17+,18+,19+,20-/m0/s1. The van der Waals surface area contributed by atoms with Gasteiger partial charge in [-0.1, -0.05) is 37.3 Å². The summed E-state index contributed by atoms with van der Waals surface area (Å²) in [5, 5.41) is 42.7. The van der Waals surface area contributed by atoms with Crippen LogP contribution in [0.2, 0.25) is 0 Å². The molecule has 1 aliphatic carbocycles. The molecule has 1 saturated heterocycles. The van der Waals surface area contributed by atoms with Gasteiger partial charge in [-0.25, -0.2) is 4.79 Å². The normalized spacial score (nSPS) is 37.0. The first-order valence-corrected chi connectivity index (χ1v) is 9.05. The van der Waals surface area contributed by atoms with Gasteiger partial charge in [0, 0.05) is 5.92 Å². The van der Waals surface area contributed by atoms with E-state index in [1.165, 1.54) is 6.92 Å². The van der Waals surface area contributed by atoms with Crippen molar-refractivity contribution >= 4 is 16.7 Å². The maximum absolute atomic E-state index is 12.1. The highest BCUT2D eigenvalue weighted by atomic mass is 16.7. The molecule has 1 saturated carbocycles. The summed E-state index contributed by atoms with van der Waals surface area (Å²) in [6, 6.07) is 13.1. The second kappa shape index (κ2) is 6.98. The second-order valence-electron chi connectivity index (χ2n) is 7.31. The van der Waals surface area contributed by atoms with E-state index in [0.717, 1.165) is 10.8 Å². The van der Waals surface area contributed by atoms with Crippen LogP contribution >= 0.6 is 0 Å². The molecule has 0 aromatic heterocycles. The molecule has 7 atom stereocenters. The minimum Gasteiger partial charge on any atom is -0.482 e. The van der Waals surface area contributed by atoms with Gasteiger partial charge < -0.3 is 34.6 Å². The lowest BCUT2D eigenvalue weighted by Gasteiger charge is -2.60. The number of fused-ring (bicyclic) bond motifs is 2. The second-order valence-corrected chi connectivity index (χ2v) is 7.31. The summed E-state index contributed by atoms with van der Waals surface area (Å²) in [6.45, 7) is 1.10. The third-order valence-corrected chi connectivity index (χ3v) is 5.69. The number of carbonyl (C=O) groups is 1. The van der Waals surface area contributed by atoms with Crippen LogP contribution in [0.5, 0.6) is 5.75 Å². The zero-order valence-corrected chi connectivity index (χ0v) is 15.1. The van der Waals surface area contributed by atoms with E-state index in [2.05, 4.69) is 0 Å². The van der Waals surface area contributed by atoms with E-state index in [1.807, 2.05) is 30.3 Å². The Kier molecular flexibility index (Phi) is 4.76. The molecular weight excluding hydrogens is 368 g/mol. The lowest BCUT2D eigenvalue weighted by molar-refractivity contribution is -0.392. The highest BCUT2D eigenvalue weighted by Crippen LogP contribution is 2.48. The summed E-state index contributed by atoms with van der Waals surface area (Å²) in [6.07, 6.45) is -6.98. The number of benzene rings is 2. The highest BCUT2D eigenvalue weighted by molar-refractivity contribution is 5.83. The molecule has 4 rings (SSSR count). The van der Waals surface area contributed by atoms with Crippen molar-refractivity contribution in [3.05, 3.63) is 42.5 Å². The average molecular weight is 390 g/mol. The first-order valence-electron chi connectivity index (χ1n) is 9.05. The molecule has 150 valence electrons. The Bertz CT molecular complexity index is 881. The first kappa shape index (κ1) is 19.1. The van der Waals surface area contributed by atoms with Crippen LogP contribution in [-0.2, 0) is 14.3 Å². The molecule has 0 spiro atoms. The number of hydrogen-bond acceptors (Lipinski definition) is 8. The van der Waals surface area contributed by atoms with Gasteiger partial charge in [0.05, 0.1) is 6.10 Å². The number of rotatable bonds is 4. The molecule has 1 aliphatic heterocycles.